The van der Waals surface area contributed by atoms with Crippen LogP contribution in [0.1, 0.15) is 18.5 Å². The number of hydrogen-bond acceptors (Lipinski definition) is 3. The summed E-state index contributed by atoms with van der Waals surface area (Å²) in [5.74, 6) is 0.979. The van der Waals surface area contributed by atoms with Gasteiger partial charge in [-0.25, -0.2) is 4.39 Å². The molecule has 2 rings (SSSR count). The highest BCUT2D eigenvalue weighted by Crippen LogP contribution is 2.32. The summed E-state index contributed by atoms with van der Waals surface area (Å²) >= 11 is 6.06. The molecule has 0 fully saturated rings. The Morgan fingerprint density at radius 2 is 1.76 bits per heavy atom. The van der Waals surface area contributed by atoms with Crippen molar-refractivity contribution < 1.29 is 13.9 Å². The predicted molar refractivity (Wildman–Crippen MR) is 83.0 cm³/mol. The Balaban J connectivity index is 2.24. The number of halogens is 2. The largest absolute Gasteiger partial charge is 0.493 e. The van der Waals surface area contributed by atoms with Gasteiger partial charge in [-0.3, -0.25) is 0 Å². The van der Waals surface area contributed by atoms with E-state index in [0.717, 1.165) is 5.56 Å². The van der Waals surface area contributed by atoms with Crippen LogP contribution in [0.3, 0.4) is 0 Å². The van der Waals surface area contributed by atoms with Gasteiger partial charge in [-0.05, 0) is 42.8 Å². The first-order valence-corrected chi connectivity index (χ1v) is 6.86. The normalized spacial score (nSPS) is 11.9. The fourth-order valence-corrected chi connectivity index (χ4v) is 2.22. The van der Waals surface area contributed by atoms with Gasteiger partial charge in [-0.1, -0.05) is 17.7 Å². The van der Waals surface area contributed by atoms with E-state index in [1.54, 1.807) is 14.2 Å². The van der Waals surface area contributed by atoms with E-state index in [4.69, 9.17) is 21.1 Å². The second kappa shape index (κ2) is 6.68. The molecule has 0 saturated carbocycles. The Morgan fingerprint density at radius 3 is 2.43 bits per heavy atom. The molecule has 0 aliphatic carbocycles. The lowest BCUT2D eigenvalue weighted by Crippen LogP contribution is -2.07. The minimum absolute atomic E-state index is 0.0656. The molecule has 3 nitrogen and oxygen atoms in total. The molecule has 1 N–H and O–H groups in total. The average molecular weight is 310 g/mol. The molecule has 5 heteroatoms. The van der Waals surface area contributed by atoms with E-state index in [0.29, 0.717) is 22.2 Å². The van der Waals surface area contributed by atoms with Crippen LogP contribution in [0.25, 0.3) is 0 Å². The molecular formula is C16H17ClFNO2. The van der Waals surface area contributed by atoms with Gasteiger partial charge in [-0.15, -0.1) is 0 Å². The van der Waals surface area contributed by atoms with E-state index in [1.807, 2.05) is 25.1 Å². The van der Waals surface area contributed by atoms with E-state index >= 15 is 0 Å². The first-order chi connectivity index (χ1) is 10.0. The maximum Gasteiger partial charge on any atom is 0.161 e. The summed E-state index contributed by atoms with van der Waals surface area (Å²) in [6, 6.07) is 9.80. The van der Waals surface area contributed by atoms with E-state index in [-0.39, 0.29) is 11.9 Å². The van der Waals surface area contributed by atoms with Crippen LogP contribution in [0, 0.1) is 5.82 Å². The highest BCUT2D eigenvalue weighted by Gasteiger charge is 2.12. The zero-order chi connectivity index (χ0) is 15.4. The van der Waals surface area contributed by atoms with Crippen LogP contribution in [-0.4, -0.2) is 14.2 Å². The molecule has 0 amide bonds. The van der Waals surface area contributed by atoms with Crippen LogP contribution in [0.4, 0.5) is 10.1 Å². The maximum absolute atomic E-state index is 13.3. The zero-order valence-corrected chi connectivity index (χ0v) is 12.9. The van der Waals surface area contributed by atoms with Gasteiger partial charge in [0.25, 0.3) is 0 Å². The van der Waals surface area contributed by atoms with Crippen molar-refractivity contribution >= 4 is 17.3 Å². The Morgan fingerprint density at radius 1 is 1.05 bits per heavy atom. The number of nitrogens with one attached hydrogen (secondary N) is 1. The number of rotatable bonds is 5. The Labute approximate surface area is 128 Å². The molecule has 0 aromatic heterocycles. The van der Waals surface area contributed by atoms with Gasteiger partial charge in [-0.2, -0.15) is 0 Å². The highest BCUT2D eigenvalue weighted by molar-refractivity contribution is 6.33. The summed E-state index contributed by atoms with van der Waals surface area (Å²) in [5, 5.41) is 3.66. The first-order valence-electron chi connectivity index (χ1n) is 6.48. The average Bonchev–Trinajstić information content (AvgIpc) is 2.50. The van der Waals surface area contributed by atoms with Crippen LogP contribution < -0.4 is 14.8 Å². The summed E-state index contributed by atoms with van der Waals surface area (Å²) in [5.41, 5.74) is 1.53. The Bertz CT molecular complexity index is 634. The van der Waals surface area contributed by atoms with Crippen molar-refractivity contribution in [1.29, 1.82) is 0 Å². The number of anilines is 1. The van der Waals surface area contributed by atoms with Crippen LogP contribution in [0.15, 0.2) is 36.4 Å². The lowest BCUT2D eigenvalue weighted by atomic mass is 10.1. The summed E-state index contributed by atoms with van der Waals surface area (Å²) in [6.45, 7) is 1.96. The fourth-order valence-electron chi connectivity index (χ4n) is 2.05. The third-order valence-electron chi connectivity index (χ3n) is 3.21. The van der Waals surface area contributed by atoms with Crippen LogP contribution in [0.5, 0.6) is 11.5 Å². The van der Waals surface area contributed by atoms with Crippen molar-refractivity contribution in [3.05, 3.63) is 52.8 Å². The molecule has 0 radical (unpaired) electrons. The molecule has 0 heterocycles. The van der Waals surface area contributed by atoms with Gasteiger partial charge in [0.1, 0.15) is 5.82 Å². The quantitative estimate of drug-likeness (QED) is 0.870. The molecular weight excluding hydrogens is 293 g/mol. The Hall–Kier alpha value is -1.94. The molecule has 0 aliphatic heterocycles. The number of methoxy groups -OCH3 is 2. The van der Waals surface area contributed by atoms with E-state index in [1.165, 1.54) is 18.2 Å². The third kappa shape index (κ3) is 3.58. The van der Waals surface area contributed by atoms with Crippen LogP contribution in [-0.2, 0) is 0 Å². The summed E-state index contributed by atoms with van der Waals surface area (Å²) in [4.78, 5) is 0. The highest BCUT2D eigenvalue weighted by atomic mass is 35.5. The number of hydrogen-bond donors (Lipinski definition) is 1. The van der Waals surface area contributed by atoms with Gasteiger partial charge in [0.2, 0.25) is 0 Å². The van der Waals surface area contributed by atoms with Gasteiger partial charge in [0.05, 0.1) is 24.9 Å². The lowest BCUT2D eigenvalue weighted by Gasteiger charge is -2.18. The zero-order valence-electron chi connectivity index (χ0n) is 12.1. The minimum atomic E-state index is -0.332. The molecule has 2 aromatic carbocycles. The molecule has 112 valence electrons. The molecule has 0 saturated heterocycles. The molecule has 21 heavy (non-hydrogen) atoms. The van der Waals surface area contributed by atoms with E-state index in [9.17, 15) is 4.39 Å². The lowest BCUT2D eigenvalue weighted by molar-refractivity contribution is 0.354. The topological polar surface area (TPSA) is 30.5 Å². The van der Waals surface area contributed by atoms with Gasteiger partial charge in [0, 0.05) is 6.04 Å². The first kappa shape index (κ1) is 15.4. The molecule has 0 aliphatic rings. The molecule has 0 bridgehead atoms. The minimum Gasteiger partial charge on any atom is -0.493 e. The standard InChI is InChI=1S/C16H17ClFNO2/c1-10(19-14-9-12(18)5-6-13(14)17)11-4-7-15(20-2)16(8-11)21-3/h4-10,19H,1-3H3. The van der Waals surface area contributed by atoms with Crippen LogP contribution >= 0.6 is 11.6 Å². The third-order valence-corrected chi connectivity index (χ3v) is 3.54. The van der Waals surface area contributed by atoms with Gasteiger partial charge in [0.15, 0.2) is 11.5 Å². The number of ether oxygens (including phenoxy) is 2. The van der Waals surface area contributed by atoms with Gasteiger partial charge < -0.3 is 14.8 Å². The molecule has 1 atom stereocenters. The van der Waals surface area contributed by atoms with Crippen molar-refractivity contribution in [2.75, 3.05) is 19.5 Å². The van der Waals surface area contributed by atoms with Gasteiger partial charge >= 0.3 is 0 Å². The fraction of sp³-hybridized carbons (Fsp3) is 0.250. The molecule has 0 spiro atoms. The summed E-state index contributed by atoms with van der Waals surface area (Å²) in [6.07, 6.45) is 0. The molecule has 1 unspecified atom stereocenters. The van der Waals surface area contributed by atoms with Crippen molar-refractivity contribution in [2.45, 2.75) is 13.0 Å². The summed E-state index contributed by atoms with van der Waals surface area (Å²) in [7, 11) is 3.18. The summed E-state index contributed by atoms with van der Waals surface area (Å²) < 4.78 is 23.8. The van der Waals surface area contributed by atoms with Crippen LogP contribution in [0.2, 0.25) is 5.02 Å². The SMILES string of the molecule is COc1ccc(C(C)Nc2cc(F)ccc2Cl)cc1OC. The van der Waals surface area contributed by atoms with Crippen molar-refractivity contribution in [3.63, 3.8) is 0 Å². The van der Waals surface area contributed by atoms with E-state index in [2.05, 4.69) is 5.32 Å². The van der Waals surface area contributed by atoms with E-state index < -0.39 is 0 Å². The monoisotopic (exact) mass is 309 g/mol. The second-order valence-corrected chi connectivity index (χ2v) is 5.01. The maximum atomic E-state index is 13.3. The second-order valence-electron chi connectivity index (χ2n) is 4.60. The number of benzene rings is 2. The molecule has 2 aromatic rings. The predicted octanol–water partition coefficient (Wildman–Crippen LogP) is 4.67. The van der Waals surface area contributed by atoms with Crippen molar-refractivity contribution in [2.24, 2.45) is 0 Å². The smallest absolute Gasteiger partial charge is 0.161 e. The van der Waals surface area contributed by atoms with Crippen molar-refractivity contribution in [1.82, 2.24) is 0 Å². The Kier molecular flexibility index (Phi) is 4.91. The van der Waals surface area contributed by atoms with Crippen molar-refractivity contribution in [3.8, 4) is 11.5 Å².